The molecular formula is C32H24Cl2F6N2Zr. The fraction of sp³-hybridized carbons (Fsp3) is 0.188. The van der Waals surface area contributed by atoms with Crippen molar-refractivity contribution in [3.05, 3.63) is 129 Å². The zero-order valence-electron chi connectivity index (χ0n) is 23.3. The number of alkyl halides is 6. The van der Waals surface area contributed by atoms with Gasteiger partial charge in [0.15, 0.2) is 0 Å². The van der Waals surface area contributed by atoms with Crippen molar-refractivity contribution in [2.75, 3.05) is 0 Å². The van der Waals surface area contributed by atoms with Gasteiger partial charge in [-0.15, -0.1) is 0 Å². The minimum absolute atomic E-state index is 0. The molecule has 0 fully saturated rings. The third kappa shape index (κ3) is 7.16. The van der Waals surface area contributed by atoms with Crippen LogP contribution in [0.15, 0.2) is 117 Å². The summed E-state index contributed by atoms with van der Waals surface area (Å²) in [5.41, 5.74) is 7.02. The Morgan fingerprint density at radius 1 is 0.488 bits per heavy atom. The summed E-state index contributed by atoms with van der Waals surface area (Å²) in [6, 6.07) is 11.3. The van der Waals surface area contributed by atoms with E-state index in [4.69, 9.17) is 0 Å². The molecule has 0 radical (unpaired) electrons. The normalized spacial score (nSPS) is 16.7. The number of nitrogens with zero attached hydrogens (tertiary/aromatic N) is 2. The maximum atomic E-state index is 13.1. The minimum atomic E-state index is -4.36. The molecule has 0 saturated heterocycles. The van der Waals surface area contributed by atoms with E-state index in [1.54, 1.807) is 24.3 Å². The molecule has 2 aliphatic carbocycles. The van der Waals surface area contributed by atoms with E-state index in [0.717, 1.165) is 57.2 Å². The van der Waals surface area contributed by atoms with Crippen LogP contribution in [0.3, 0.4) is 0 Å². The number of hydrogen-bond acceptors (Lipinski definition) is 2. The van der Waals surface area contributed by atoms with E-state index in [0.29, 0.717) is 11.1 Å². The summed E-state index contributed by atoms with van der Waals surface area (Å²) in [5.74, 6) is 0. The van der Waals surface area contributed by atoms with Gasteiger partial charge in [-0.25, -0.2) is 0 Å². The first-order valence-corrected chi connectivity index (χ1v) is 12.5. The van der Waals surface area contributed by atoms with Crippen LogP contribution in [0.1, 0.15) is 49.9 Å². The van der Waals surface area contributed by atoms with Gasteiger partial charge in [0, 0.05) is 22.6 Å². The predicted octanol–water partition coefficient (Wildman–Crippen LogP) is 3.56. The number of benzene rings is 2. The molecule has 2 nitrogen and oxygen atoms in total. The molecule has 2 heterocycles. The summed E-state index contributed by atoms with van der Waals surface area (Å²) in [7, 11) is 0. The first kappa shape index (κ1) is 36.5. The van der Waals surface area contributed by atoms with Gasteiger partial charge in [-0.2, -0.15) is 26.3 Å². The summed E-state index contributed by atoms with van der Waals surface area (Å²) in [5, 5.41) is 0. The molecule has 0 saturated carbocycles. The second-order valence-corrected chi connectivity index (χ2v) is 9.89. The quantitative estimate of drug-likeness (QED) is 0.426. The van der Waals surface area contributed by atoms with Gasteiger partial charge < -0.3 is 24.8 Å². The van der Waals surface area contributed by atoms with Crippen LogP contribution in [0.2, 0.25) is 0 Å². The molecule has 0 spiro atoms. The van der Waals surface area contributed by atoms with E-state index < -0.39 is 23.5 Å². The Hall–Kier alpha value is -2.74. The Bertz CT molecular complexity index is 1570. The molecule has 6 rings (SSSR count). The summed E-state index contributed by atoms with van der Waals surface area (Å²) in [6.45, 7) is 7.43. The Morgan fingerprint density at radius 2 is 0.814 bits per heavy atom. The van der Waals surface area contributed by atoms with Crippen molar-refractivity contribution in [2.24, 2.45) is 9.98 Å². The third-order valence-corrected chi connectivity index (χ3v) is 6.89. The van der Waals surface area contributed by atoms with E-state index in [2.05, 4.69) is 9.98 Å². The van der Waals surface area contributed by atoms with Crippen molar-refractivity contribution in [2.45, 2.75) is 40.0 Å². The van der Waals surface area contributed by atoms with Crippen LogP contribution in [0, 0.1) is 0 Å². The van der Waals surface area contributed by atoms with Crippen LogP contribution in [0.4, 0.5) is 26.3 Å². The van der Waals surface area contributed by atoms with Gasteiger partial charge in [-0.1, -0.05) is 36.4 Å². The van der Waals surface area contributed by atoms with Crippen molar-refractivity contribution in [1.29, 1.82) is 0 Å². The van der Waals surface area contributed by atoms with Gasteiger partial charge in [0.1, 0.15) is 0 Å². The van der Waals surface area contributed by atoms with Crippen LogP contribution in [-0.4, -0.2) is 11.4 Å². The monoisotopic (exact) mass is 710 g/mol. The topological polar surface area (TPSA) is 24.7 Å². The molecular weight excluding hydrogens is 688 g/mol. The first-order valence-electron chi connectivity index (χ1n) is 12.5. The Kier molecular flexibility index (Phi) is 11.4. The van der Waals surface area contributed by atoms with Gasteiger partial charge in [0.2, 0.25) is 0 Å². The first-order chi connectivity index (χ1) is 18.8. The van der Waals surface area contributed by atoms with Crippen molar-refractivity contribution in [1.82, 2.24) is 0 Å². The van der Waals surface area contributed by atoms with Gasteiger partial charge >= 0.3 is 38.6 Å². The molecule has 0 aromatic heterocycles. The van der Waals surface area contributed by atoms with Gasteiger partial charge in [-0.3, -0.25) is 9.98 Å². The van der Waals surface area contributed by atoms with Crippen LogP contribution in [0.5, 0.6) is 0 Å². The molecule has 2 aliphatic heterocycles. The molecule has 0 bridgehead atoms. The van der Waals surface area contributed by atoms with Gasteiger partial charge in [0.05, 0.1) is 22.5 Å². The molecule has 0 atom stereocenters. The molecule has 43 heavy (non-hydrogen) atoms. The van der Waals surface area contributed by atoms with Crippen molar-refractivity contribution < 1.29 is 77.4 Å². The average molecular weight is 713 g/mol. The van der Waals surface area contributed by atoms with Gasteiger partial charge in [-0.05, 0) is 97.6 Å². The predicted molar refractivity (Wildman–Crippen MR) is 147 cm³/mol. The SMILES string of the molecule is CC1=NC2=C(C)C=C(c3ccccc3C(F)(F)F)C2=C1.CC1=NC2=C(C)C=C(c3ccccc3C(F)(F)F)C2=C1.[Cl-].[Cl-].[Zr+2]. The molecule has 11 heteroatoms. The zero-order valence-corrected chi connectivity index (χ0v) is 27.3. The second-order valence-electron chi connectivity index (χ2n) is 9.89. The summed E-state index contributed by atoms with van der Waals surface area (Å²) < 4.78 is 78.8. The Balaban J connectivity index is 0.000000281. The molecule has 0 N–H and O–H groups in total. The molecule has 0 amide bonds. The molecule has 2 aromatic carbocycles. The van der Waals surface area contributed by atoms with Crippen LogP contribution >= 0.6 is 0 Å². The molecule has 2 aromatic rings. The van der Waals surface area contributed by atoms with Crippen LogP contribution < -0.4 is 24.8 Å². The Labute approximate surface area is 277 Å². The Morgan fingerprint density at radius 3 is 1.14 bits per heavy atom. The third-order valence-electron chi connectivity index (χ3n) is 6.89. The number of rotatable bonds is 2. The molecule has 222 valence electrons. The second kappa shape index (κ2) is 13.5. The molecule has 4 aliphatic rings. The van der Waals surface area contributed by atoms with Crippen LogP contribution in [-0.2, 0) is 38.6 Å². The fourth-order valence-corrected chi connectivity index (χ4v) is 5.21. The zero-order chi connectivity index (χ0) is 29.0. The smallest absolute Gasteiger partial charge is 1.00 e. The number of aliphatic imine (C=N–C) groups is 2. The van der Waals surface area contributed by atoms with E-state index in [9.17, 15) is 26.3 Å². The van der Waals surface area contributed by atoms with Gasteiger partial charge in [0.25, 0.3) is 0 Å². The van der Waals surface area contributed by atoms with E-state index in [1.165, 1.54) is 24.3 Å². The maximum Gasteiger partial charge on any atom is 2.00 e. The minimum Gasteiger partial charge on any atom is -1.00 e. The van der Waals surface area contributed by atoms with Crippen molar-refractivity contribution >= 4 is 22.6 Å². The van der Waals surface area contributed by atoms with Crippen LogP contribution in [0.25, 0.3) is 11.1 Å². The summed E-state index contributed by atoms with van der Waals surface area (Å²) >= 11 is 0. The number of fused-ring (bicyclic) bond motifs is 2. The summed E-state index contributed by atoms with van der Waals surface area (Å²) in [6.07, 6.45) is -1.48. The number of allylic oxidation sites excluding steroid dienone is 8. The number of halogens is 8. The molecule has 0 unspecified atom stereocenters. The fourth-order valence-electron chi connectivity index (χ4n) is 5.21. The summed E-state index contributed by atoms with van der Waals surface area (Å²) in [4.78, 5) is 8.74. The van der Waals surface area contributed by atoms with E-state index in [-0.39, 0.29) is 62.1 Å². The van der Waals surface area contributed by atoms with E-state index >= 15 is 0 Å². The van der Waals surface area contributed by atoms with Crippen molar-refractivity contribution in [3.8, 4) is 0 Å². The maximum absolute atomic E-state index is 13.1. The van der Waals surface area contributed by atoms with E-state index in [1.807, 2.05) is 39.8 Å². The standard InChI is InChI=1S/2C16H12F3N.2ClH.Zr/c2*1-9-7-12(13-8-10(2)20-15(9)13)11-5-3-4-6-14(11)16(17,18)19;;;/h2*3-8H,1-2H3;2*1H;/q;;;;+2/p-2. The van der Waals surface area contributed by atoms with Crippen molar-refractivity contribution in [3.63, 3.8) is 0 Å². The largest absolute Gasteiger partial charge is 2.00 e. The average Bonchev–Trinajstić information content (AvgIpc) is 3.61. The number of hydrogen-bond donors (Lipinski definition) is 0.